The second-order valence-corrected chi connectivity index (χ2v) is 4.46. The minimum atomic E-state index is -0.819. The van der Waals surface area contributed by atoms with E-state index in [1.54, 1.807) is 0 Å². The van der Waals surface area contributed by atoms with Gasteiger partial charge in [0.2, 0.25) is 0 Å². The molecule has 94 valence electrons. The predicted octanol–water partition coefficient (Wildman–Crippen LogP) is 1.74. The summed E-state index contributed by atoms with van der Waals surface area (Å²) in [6, 6.07) is 0. The molecular weight excluding hydrogens is 206 g/mol. The van der Waals surface area contributed by atoms with Crippen LogP contribution in [0.5, 0.6) is 0 Å². The second-order valence-electron chi connectivity index (χ2n) is 4.46. The van der Waals surface area contributed by atoms with E-state index < -0.39 is 12.1 Å². The Bertz CT molecular complexity index is 214. The first kappa shape index (κ1) is 13.5. The fourth-order valence-corrected chi connectivity index (χ4v) is 2.24. The van der Waals surface area contributed by atoms with Gasteiger partial charge < -0.3 is 14.7 Å². The smallest absolute Gasteiger partial charge is 0.332 e. The van der Waals surface area contributed by atoms with E-state index >= 15 is 0 Å². The molecule has 1 N–H and O–H groups in total. The van der Waals surface area contributed by atoms with Crippen molar-refractivity contribution in [1.29, 1.82) is 0 Å². The summed E-state index contributed by atoms with van der Waals surface area (Å²) in [4.78, 5) is 13.1. The highest BCUT2D eigenvalue weighted by molar-refractivity contribution is 5.72. The Morgan fingerprint density at radius 1 is 1.31 bits per heavy atom. The molecule has 0 aliphatic carbocycles. The summed E-state index contributed by atoms with van der Waals surface area (Å²) >= 11 is 0. The molecule has 0 aromatic heterocycles. The van der Waals surface area contributed by atoms with Crippen molar-refractivity contribution in [2.24, 2.45) is 0 Å². The van der Waals surface area contributed by atoms with Crippen LogP contribution in [-0.2, 0) is 9.53 Å². The lowest BCUT2D eigenvalue weighted by atomic mass is 10.2. The summed E-state index contributed by atoms with van der Waals surface area (Å²) in [5.74, 6) is -0.819. The number of aliphatic carboxylic acids is 1. The summed E-state index contributed by atoms with van der Waals surface area (Å²) in [6.45, 7) is 7.36. The van der Waals surface area contributed by atoms with Gasteiger partial charge >= 0.3 is 5.97 Å². The highest BCUT2D eigenvalue weighted by Crippen LogP contribution is 2.20. The van der Waals surface area contributed by atoms with Crippen LogP contribution in [0, 0.1) is 0 Å². The Hall–Kier alpha value is -0.610. The van der Waals surface area contributed by atoms with Crippen molar-refractivity contribution < 1.29 is 14.6 Å². The molecule has 1 rings (SSSR count). The monoisotopic (exact) mass is 229 g/mol. The third-order valence-corrected chi connectivity index (χ3v) is 2.92. The van der Waals surface area contributed by atoms with Gasteiger partial charge in [0, 0.05) is 6.54 Å². The molecule has 0 aromatic carbocycles. The maximum atomic E-state index is 10.7. The van der Waals surface area contributed by atoms with Crippen LogP contribution < -0.4 is 0 Å². The molecule has 0 aromatic rings. The molecule has 1 aliphatic heterocycles. The lowest BCUT2D eigenvalue weighted by Crippen LogP contribution is -2.34. The zero-order valence-corrected chi connectivity index (χ0v) is 10.3. The van der Waals surface area contributed by atoms with Crippen molar-refractivity contribution in [3.05, 3.63) is 0 Å². The molecule has 2 atom stereocenters. The fourth-order valence-electron chi connectivity index (χ4n) is 2.24. The number of carbonyl (C=O) groups is 1. The van der Waals surface area contributed by atoms with Crippen molar-refractivity contribution in [3.8, 4) is 0 Å². The van der Waals surface area contributed by atoms with E-state index in [0.29, 0.717) is 6.42 Å². The van der Waals surface area contributed by atoms with Gasteiger partial charge in [0.1, 0.15) is 0 Å². The number of hydrogen-bond acceptors (Lipinski definition) is 3. The maximum absolute atomic E-state index is 10.7. The molecule has 0 amide bonds. The van der Waals surface area contributed by atoms with Crippen LogP contribution in [0.15, 0.2) is 0 Å². The van der Waals surface area contributed by atoms with Crippen molar-refractivity contribution in [1.82, 2.24) is 4.90 Å². The van der Waals surface area contributed by atoms with Crippen LogP contribution >= 0.6 is 0 Å². The van der Waals surface area contributed by atoms with E-state index in [4.69, 9.17) is 9.84 Å². The molecule has 1 fully saturated rings. The van der Waals surface area contributed by atoms with E-state index in [0.717, 1.165) is 38.9 Å². The van der Waals surface area contributed by atoms with Gasteiger partial charge in [-0.05, 0) is 38.8 Å². The molecule has 1 aliphatic rings. The van der Waals surface area contributed by atoms with Gasteiger partial charge in [0.15, 0.2) is 6.10 Å². The molecule has 0 unspecified atom stereocenters. The minimum absolute atomic E-state index is 0.110. The second kappa shape index (κ2) is 6.86. The van der Waals surface area contributed by atoms with Crippen molar-refractivity contribution in [2.45, 2.75) is 51.7 Å². The Morgan fingerprint density at radius 3 is 2.38 bits per heavy atom. The molecule has 4 nitrogen and oxygen atoms in total. The summed E-state index contributed by atoms with van der Waals surface area (Å²) in [5, 5.41) is 8.83. The first-order valence-electron chi connectivity index (χ1n) is 6.28. The number of rotatable bonds is 7. The topological polar surface area (TPSA) is 49.8 Å². The summed E-state index contributed by atoms with van der Waals surface area (Å²) < 4.78 is 5.50. The molecule has 0 bridgehead atoms. The lowest BCUT2D eigenvalue weighted by molar-refractivity contribution is -0.149. The van der Waals surface area contributed by atoms with Crippen LogP contribution in [0.4, 0.5) is 0 Å². The molecule has 0 spiro atoms. The van der Waals surface area contributed by atoms with E-state index in [2.05, 4.69) is 18.7 Å². The first-order chi connectivity index (χ1) is 7.67. The Morgan fingerprint density at radius 2 is 1.94 bits per heavy atom. The molecule has 16 heavy (non-hydrogen) atoms. The summed E-state index contributed by atoms with van der Waals surface area (Å²) in [7, 11) is 0. The van der Waals surface area contributed by atoms with Crippen LogP contribution in [0.3, 0.4) is 0 Å². The summed E-state index contributed by atoms with van der Waals surface area (Å²) in [5.41, 5.74) is 0. The molecule has 0 radical (unpaired) electrons. The average Bonchev–Trinajstić information content (AvgIpc) is 2.67. The number of hydrogen-bond donors (Lipinski definition) is 1. The van der Waals surface area contributed by atoms with Gasteiger partial charge in [0.25, 0.3) is 0 Å². The normalized spacial score (nSPS) is 25.2. The van der Waals surface area contributed by atoms with E-state index in [9.17, 15) is 4.79 Å². The molecular formula is C12H23NO3. The largest absolute Gasteiger partial charge is 0.479 e. The Labute approximate surface area is 97.6 Å². The van der Waals surface area contributed by atoms with Crippen LogP contribution in [0.2, 0.25) is 0 Å². The van der Waals surface area contributed by atoms with Gasteiger partial charge in [-0.2, -0.15) is 0 Å². The predicted molar refractivity (Wildman–Crippen MR) is 62.6 cm³/mol. The summed E-state index contributed by atoms with van der Waals surface area (Å²) in [6.07, 6.45) is 3.34. The molecule has 4 heteroatoms. The van der Waals surface area contributed by atoms with Crippen LogP contribution in [0.1, 0.15) is 39.5 Å². The average molecular weight is 229 g/mol. The number of carboxylic acids is 1. The molecule has 0 saturated carbocycles. The quantitative estimate of drug-likeness (QED) is 0.722. The first-order valence-corrected chi connectivity index (χ1v) is 6.28. The lowest BCUT2D eigenvalue weighted by Gasteiger charge is -2.24. The minimum Gasteiger partial charge on any atom is -0.479 e. The number of nitrogens with zero attached hydrogens (tertiary/aromatic N) is 1. The number of ether oxygens (including phenoxy) is 1. The zero-order chi connectivity index (χ0) is 12.0. The SMILES string of the molecule is CCCN(CCC)C[C@@H]1CC[C@H](C(=O)O)O1. The third-order valence-electron chi connectivity index (χ3n) is 2.92. The van der Waals surface area contributed by atoms with Crippen molar-refractivity contribution in [2.75, 3.05) is 19.6 Å². The van der Waals surface area contributed by atoms with Crippen LogP contribution in [0.25, 0.3) is 0 Å². The molecule has 1 heterocycles. The highest BCUT2D eigenvalue weighted by Gasteiger charge is 2.31. The van der Waals surface area contributed by atoms with Gasteiger partial charge in [-0.1, -0.05) is 13.8 Å². The van der Waals surface area contributed by atoms with Gasteiger partial charge in [-0.15, -0.1) is 0 Å². The van der Waals surface area contributed by atoms with E-state index in [1.807, 2.05) is 0 Å². The van der Waals surface area contributed by atoms with Gasteiger partial charge in [-0.25, -0.2) is 4.79 Å². The standard InChI is InChI=1S/C12H23NO3/c1-3-7-13(8-4-2)9-10-5-6-11(16-10)12(14)15/h10-11H,3-9H2,1-2H3,(H,14,15)/t10-,11+/m0/s1. The van der Waals surface area contributed by atoms with Gasteiger partial charge in [0.05, 0.1) is 6.10 Å². The van der Waals surface area contributed by atoms with E-state index in [-0.39, 0.29) is 6.10 Å². The Kier molecular flexibility index (Phi) is 5.77. The number of carboxylic acid groups (broad SMARTS) is 1. The van der Waals surface area contributed by atoms with Crippen molar-refractivity contribution in [3.63, 3.8) is 0 Å². The van der Waals surface area contributed by atoms with Crippen molar-refractivity contribution >= 4 is 5.97 Å². The third kappa shape index (κ3) is 4.10. The van der Waals surface area contributed by atoms with Gasteiger partial charge in [-0.3, -0.25) is 0 Å². The maximum Gasteiger partial charge on any atom is 0.332 e. The Balaban J connectivity index is 2.32. The molecule has 1 saturated heterocycles. The zero-order valence-electron chi connectivity index (χ0n) is 10.3. The van der Waals surface area contributed by atoms with E-state index in [1.165, 1.54) is 0 Å². The fraction of sp³-hybridized carbons (Fsp3) is 0.917. The highest BCUT2D eigenvalue weighted by atomic mass is 16.5. The van der Waals surface area contributed by atoms with Crippen LogP contribution in [-0.4, -0.2) is 47.8 Å².